The van der Waals surface area contributed by atoms with Gasteiger partial charge in [0, 0.05) is 12.1 Å². The molecule has 0 aliphatic rings. The molecule has 0 saturated heterocycles. The highest BCUT2D eigenvalue weighted by Crippen LogP contribution is 2.11. The zero-order valence-electron chi connectivity index (χ0n) is 11.1. The number of nitriles is 1. The SMILES string of the molecule is N#Cc1ccc(CNC(=O)c2ccc3nc[nH]c3c2)cc1. The second-order valence-electron chi connectivity index (χ2n) is 4.63. The standard InChI is InChI=1S/C16H12N4O/c17-8-11-1-3-12(4-2-11)9-18-16(21)13-5-6-14-15(7-13)20-10-19-14/h1-7,10H,9H2,(H,18,21)(H,19,20). The molecular formula is C16H12N4O. The van der Waals surface area contributed by atoms with E-state index in [1.807, 2.05) is 18.2 Å². The molecule has 3 aromatic rings. The van der Waals surface area contributed by atoms with E-state index in [9.17, 15) is 4.79 Å². The number of rotatable bonds is 3. The van der Waals surface area contributed by atoms with Gasteiger partial charge in [-0.05, 0) is 35.9 Å². The highest BCUT2D eigenvalue weighted by Gasteiger charge is 2.07. The number of aromatic nitrogens is 2. The summed E-state index contributed by atoms with van der Waals surface area (Å²) >= 11 is 0. The van der Waals surface area contributed by atoms with Crippen LogP contribution in [0.15, 0.2) is 48.8 Å². The van der Waals surface area contributed by atoms with Gasteiger partial charge in [0.25, 0.3) is 5.91 Å². The fourth-order valence-corrected chi connectivity index (χ4v) is 2.06. The van der Waals surface area contributed by atoms with Crippen molar-refractivity contribution in [1.82, 2.24) is 15.3 Å². The molecule has 0 atom stereocenters. The zero-order chi connectivity index (χ0) is 14.7. The Labute approximate surface area is 121 Å². The molecule has 0 aliphatic heterocycles. The lowest BCUT2D eigenvalue weighted by Crippen LogP contribution is -2.22. The van der Waals surface area contributed by atoms with Crippen LogP contribution < -0.4 is 5.32 Å². The zero-order valence-corrected chi connectivity index (χ0v) is 11.1. The molecule has 5 heteroatoms. The Morgan fingerprint density at radius 2 is 2.05 bits per heavy atom. The predicted molar refractivity (Wildman–Crippen MR) is 78.4 cm³/mol. The van der Waals surface area contributed by atoms with Crippen LogP contribution in [-0.4, -0.2) is 15.9 Å². The summed E-state index contributed by atoms with van der Waals surface area (Å²) in [5.74, 6) is -0.143. The minimum atomic E-state index is -0.143. The molecule has 0 spiro atoms. The van der Waals surface area contributed by atoms with E-state index in [1.165, 1.54) is 0 Å². The van der Waals surface area contributed by atoms with Crippen molar-refractivity contribution in [3.63, 3.8) is 0 Å². The van der Waals surface area contributed by atoms with Crippen LogP contribution in [-0.2, 0) is 6.54 Å². The molecule has 1 heterocycles. The van der Waals surface area contributed by atoms with E-state index in [0.29, 0.717) is 17.7 Å². The van der Waals surface area contributed by atoms with Crippen LogP contribution in [0.1, 0.15) is 21.5 Å². The smallest absolute Gasteiger partial charge is 0.251 e. The molecule has 0 bridgehead atoms. The third kappa shape index (κ3) is 2.74. The largest absolute Gasteiger partial charge is 0.348 e. The molecule has 0 unspecified atom stereocenters. The second kappa shape index (κ2) is 5.47. The number of fused-ring (bicyclic) bond motifs is 1. The average molecular weight is 276 g/mol. The molecule has 0 saturated carbocycles. The maximum Gasteiger partial charge on any atom is 0.251 e. The number of H-pyrrole nitrogens is 1. The van der Waals surface area contributed by atoms with Gasteiger partial charge in [0.1, 0.15) is 0 Å². The van der Waals surface area contributed by atoms with Crippen molar-refractivity contribution in [3.05, 3.63) is 65.5 Å². The number of nitrogens with one attached hydrogen (secondary N) is 2. The van der Waals surface area contributed by atoms with Crippen LogP contribution in [0.2, 0.25) is 0 Å². The number of hydrogen-bond acceptors (Lipinski definition) is 3. The summed E-state index contributed by atoms with van der Waals surface area (Å²) < 4.78 is 0. The number of carbonyl (C=O) groups excluding carboxylic acids is 1. The van der Waals surface area contributed by atoms with Crippen molar-refractivity contribution in [2.45, 2.75) is 6.54 Å². The van der Waals surface area contributed by atoms with Gasteiger partial charge < -0.3 is 10.3 Å². The van der Waals surface area contributed by atoms with Gasteiger partial charge in [0.2, 0.25) is 0 Å². The number of aromatic amines is 1. The van der Waals surface area contributed by atoms with Gasteiger partial charge in [-0.25, -0.2) is 4.98 Å². The monoisotopic (exact) mass is 276 g/mol. The highest BCUT2D eigenvalue weighted by molar-refractivity contribution is 5.97. The van der Waals surface area contributed by atoms with Crippen molar-refractivity contribution in [3.8, 4) is 6.07 Å². The molecule has 2 N–H and O–H groups in total. The summed E-state index contributed by atoms with van der Waals surface area (Å²) in [6.07, 6.45) is 1.60. The molecule has 0 fully saturated rings. The van der Waals surface area contributed by atoms with Crippen LogP contribution in [0.3, 0.4) is 0 Å². The maximum absolute atomic E-state index is 12.1. The van der Waals surface area contributed by atoms with Gasteiger partial charge in [-0.15, -0.1) is 0 Å². The number of imidazole rings is 1. The van der Waals surface area contributed by atoms with E-state index < -0.39 is 0 Å². The topological polar surface area (TPSA) is 81.6 Å². The Morgan fingerprint density at radius 1 is 1.24 bits per heavy atom. The molecule has 2 aromatic carbocycles. The van der Waals surface area contributed by atoms with Gasteiger partial charge in [-0.3, -0.25) is 4.79 Å². The number of hydrogen-bond donors (Lipinski definition) is 2. The number of nitrogens with zero attached hydrogens (tertiary/aromatic N) is 2. The second-order valence-corrected chi connectivity index (χ2v) is 4.63. The van der Waals surface area contributed by atoms with Crippen molar-refractivity contribution in [2.24, 2.45) is 0 Å². The molecule has 5 nitrogen and oxygen atoms in total. The van der Waals surface area contributed by atoms with E-state index in [2.05, 4.69) is 21.4 Å². The third-order valence-corrected chi connectivity index (χ3v) is 3.22. The van der Waals surface area contributed by atoms with Gasteiger partial charge in [0.15, 0.2) is 0 Å². The summed E-state index contributed by atoms with van der Waals surface area (Å²) in [6, 6.07) is 14.5. The molecule has 21 heavy (non-hydrogen) atoms. The molecule has 0 aliphatic carbocycles. The van der Waals surface area contributed by atoms with Gasteiger partial charge in [-0.1, -0.05) is 12.1 Å². The highest BCUT2D eigenvalue weighted by atomic mass is 16.1. The third-order valence-electron chi connectivity index (χ3n) is 3.22. The molecule has 102 valence electrons. The molecule has 0 radical (unpaired) electrons. The summed E-state index contributed by atoms with van der Waals surface area (Å²) in [6.45, 7) is 0.422. The first-order valence-corrected chi connectivity index (χ1v) is 6.46. The number of benzene rings is 2. The van der Waals surface area contributed by atoms with E-state index in [4.69, 9.17) is 5.26 Å². The van der Waals surface area contributed by atoms with Crippen molar-refractivity contribution < 1.29 is 4.79 Å². The van der Waals surface area contributed by atoms with E-state index in [0.717, 1.165) is 16.6 Å². The summed E-state index contributed by atoms with van der Waals surface area (Å²) in [4.78, 5) is 19.2. The molecular weight excluding hydrogens is 264 g/mol. The van der Waals surface area contributed by atoms with Crippen LogP contribution in [0, 0.1) is 11.3 Å². The minimum Gasteiger partial charge on any atom is -0.348 e. The number of carbonyl (C=O) groups is 1. The first kappa shape index (κ1) is 12.9. The Morgan fingerprint density at radius 3 is 2.81 bits per heavy atom. The first-order valence-electron chi connectivity index (χ1n) is 6.46. The Balaban J connectivity index is 1.69. The molecule has 1 amide bonds. The Hall–Kier alpha value is -3.13. The van der Waals surface area contributed by atoms with Gasteiger partial charge in [-0.2, -0.15) is 5.26 Å². The number of amides is 1. The maximum atomic E-state index is 12.1. The Kier molecular flexibility index (Phi) is 3.36. The van der Waals surface area contributed by atoms with Gasteiger partial charge in [0.05, 0.1) is 29.0 Å². The summed E-state index contributed by atoms with van der Waals surface area (Å²) in [5, 5.41) is 11.6. The lowest BCUT2D eigenvalue weighted by molar-refractivity contribution is 0.0951. The lowest BCUT2D eigenvalue weighted by Gasteiger charge is -2.05. The summed E-state index contributed by atoms with van der Waals surface area (Å²) in [5.41, 5.74) is 3.81. The van der Waals surface area contributed by atoms with Crippen LogP contribution in [0.4, 0.5) is 0 Å². The minimum absolute atomic E-state index is 0.143. The van der Waals surface area contributed by atoms with Crippen LogP contribution in [0.5, 0.6) is 0 Å². The average Bonchev–Trinajstić information content (AvgIpc) is 3.00. The first-order chi connectivity index (χ1) is 10.3. The van der Waals surface area contributed by atoms with Gasteiger partial charge >= 0.3 is 0 Å². The van der Waals surface area contributed by atoms with Crippen molar-refractivity contribution in [2.75, 3.05) is 0 Å². The quantitative estimate of drug-likeness (QED) is 0.770. The van der Waals surface area contributed by atoms with E-state index in [-0.39, 0.29) is 5.91 Å². The van der Waals surface area contributed by atoms with E-state index in [1.54, 1.807) is 30.6 Å². The molecule has 1 aromatic heterocycles. The normalized spacial score (nSPS) is 10.2. The fraction of sp³-hybridized carbons (Fsp3) is 0.0625. The van der Waals surface area contributed by atoms with Crippen LogP contribution in [0.25, 0.3) is 11.0 Å². The fourth-order valence-electron chi connectivity index (χ4n) is 2.06. The predicted octanol–water partition coefficient (Wildman–Crippen LogP) is 2.36. The summed E-state index contributed by atoms with van der Waals surface area (Å²) in [7, 11) is 0. The Bertz CT molecular complexity index is 827. The molecule has 3 rings (SSSR count). The van der Waals surface area contributed by atoms with Crippen molar-refractivity contribution >= 4 is 16.9 Å². The van der Waals surface area contributed by atoms with E-state index >= 15 is 0 Å². The lowest BCUT2D eigenvalue weighted by atomic mass is 10.1. The van der Waals surface area contributed by atoms with Crippen LogP contribution >= 0.6 is 0 Å². The van der Waals surface area contributed by atoms with Crippen molar-refractivity contribution in [1.29, 1.82) is 5.26 Å².